The van der Waals surface area contributed by atoms with Crippen molar-refractivity contribution in [3.63, 3.8) is 0 Å². The predicted octanol–water partition coefficient (Wildman–Crippen LogP) is 1.65. The van der Waals surface area contributed by atoms with Crippen molar-refractivity contribution in [1.82, 2.24) is 5.32 Å². The first-order valence-electron chi connectivity index (χ1n) is 4.44. The third-order valence-corrected chi connectivity index (χ3v) is 2.29. The smallest absolute Gasteiger partial charge is 0.217 e. The van der Waals surface area contributed by atoms with Gasteiger partial charge in [0.15, 0.2) is 0 Å². The Labute approximate surface area is 87.4 Å². The Bertz CT molecular complexity index is 182. The first kappa shape index (κ1) is 12.6. The summed E-state index contributed by atoms with van der Waals surface area (Å²) in [6, 6.07) is 0.00699. The summed E-state index contributed by atoms with van der Waals surface area (Å²) < 4.78 is 0. The Morgan fingerprint density at radius 2 is 2.08 bits per heavy atom. The van der Waals surface area contributed by atoms with Crippen LogP contribution in [-0.2, 0) is 9.59 Å². The van der Waals surface area contributed by atoms with Crippen LogP contribution in [0.5, 0.6) is 0 Å². The Morgan fingerprint density at radius 1 is 1.46 bits per heavy atom. The van der Waals surface area contributed by atoms with Crippen LogP contribution in [0.3, 0.4) is 0 Å². The first-order valence-corrected chi connectivity index (χ1v) is 5.57. The normalized spacial score (nSPS) is 12.2. The number of rotatable bonds is 6. The molecular weight excluding hydrogens is 234 g/mol. The van der Waals surface area contributed by atoms with Crippen LogP contribution in [0.1, 0.15) is 33.1 Å². The van der Waals surface area contributed by atoms with Gasteiger partial charge in [0, 0.05) is 19.4 Å². The van der Waals surface area contributed by atoms with E-state index in [1.54, 1.807) is 0 Å². The van der Waals surface area contributed by atoms with E-state index >= 15 is 0 Å². The largest absolute Gasteiger partial charge is 0.353 e. The van der Waals surface area contributed by atoms with Gasteiger partial charge in [-0.3, -0.25) is 9.59 Å². The summed E-state index contributed by atoms with van der Waals surface area (Å²) in [6.45, 7) is 3.51. The van der Waals surface area contributed by atoms with Crippen LogP contribution in [0.2, 0.25) is 0 Å². The fourth-order valence-electron chi connectivity index (χ4n) is 1.19. The zero-order chi connectivity index (χ0) is 10.3. The van der Waals surface area contributed by atoms with Gasteiger partial charge in [0.25, 0.3) is 0 Å². The highest BCUT2D eigenvalue weighted by Crippen LogP contribution is 2.03. The number of carbonyl (C=O) groups is 2. The maximum atomic E-state index is 11.1. The molecule has 76 valence electrons. The minimum Gasteiger partial charge on any atom is -0.353 e. The van der Waals surface area contributed by atoms with Crippen LogP contribution < -0.4 is 5.32 Å². The highest BCUT2D eigenvalue weighted by Gasteiger charge is 2.12. The third-order valence-electron chi connectivity index (χ3n) is 1.67. The minimum absolute atomic E-state index is 0.00699. The lowest BCUT2D eigenvalue weighted by atomic mass is 10.1. The van der Waals surface area contributed by atoms with Gasteiger partial charge in [0.2, 0.25) is 5.91 Å². The molecular formula is C9H16BrNO2. The maximum Gasteiger partial charge on any atom is 0.217 e. The van der Waals surface area contributed by atoms with E-state index in [0.29, 0.717) is 11.8 Å². The summed E-state index contributed by atoms with van der Waals surface area (Å²) in [5.74, 6) is 0.0630. The van der Waals surface area contributed by atoms with Crippen LogP contribution in [0, 0.1) is 0 Å². The van der Waals surface area contributed by atoms with Gasteiger partial charge in [0.1, 0.15) is 5.78 Å². The van der Waals surface area contributed by atoms with Crippen LogP contribution in [0.4, 0.5) is 0 Å². The molecule has 0 aliphatic heterocycles. The second-order valence-corrected chi connectivity index (χ2v) is 3.62. The van der Waals surface area contributed by atoms with Crippen LogP contribution in [-0.4, -0.2) is 23.1 Å². The Kier molecular flexibility index (Phi) is 6.86. The van der Waals surface area contributed by atoms with Crippen molar-refractivity contribution < 1.29 is 9.59 Å². The number of alkyl halides is 1. The molecule has 1 amide bonds. The van der Waals surface area contributed by atoms with E-state index in [4.69, 9.17) is 0 Å². The number of halogens is 1. The van der Waals surface area contributed by atoms with E-state index in [2.05, 4.69) is 21.2 Å². The Hall–Kier alpha value is -0.380. The van der Waals surface area contributed by atoms with Crippen molar-refractivity contribution in [2.45, 2.75) is 39.2 Å². The molecule has 0 radical (unpaired) electrons. The fourth-order valence-corrected chi connectivity index (χ4v) is 1.42. The second-order valence-electron chi connectivity index (χ2n) is 3.06. The summed E-state index contributed by atoms with van der Waals surface area (Å²) >= 11 is 3.10. The number of carbonyl (C=O) groups excluding carboxylic acids is 2. The van der Waals surface area contributed by atoms with Gasteiger partial charge >= 0.3 is 0 Å². The van der Waals surface area contributed by atoms with Crippen LogP contribution in [0.25, 0.3) is 0 Å². The standard InChI is InChI=1S/C9H16BrNO2/c1-3-4-8(11-7(2)12)5-9(13)6-10/h8H,3-6H2,1-2H3,(H,11,12). The lowest BCUT2D eigenvalue weighted by Gasteiger charge is -2.15. The number of Topliss-reactive ketones (excluding diaryl/α,β-unsaturated/α-hetero) is 1. The SMILES string of the molecule is CCCC(CC(=O)CBr)NC(C)=O. The molecule has 0 heterocycles. The monoisotopic (exact) mass is 249 g/mol. The van der Waals surface area contributed by atoms with E-state index < -0.39 is 0 Å². The molecule has 0 rings (SSSR count). The van der Waals surface area contributed by atoms with Crippen LogP contribution in [0.15, 0.2) is 0 Å². The van der Waals surface area contributed by atoms with Gasteiger partial charge in [-0.25, -0.2) is 0 Å². The molecule has 0 saturated heterocycles. The fraction of sp³-hybridized carbons (Fsp3) is 0.778. The van der Waals surface area contributed by atoms with Gasteiger partial charge in [-0.15, -0.1) is 0 Å². The molecule has 0 saturated carbocycles. The van der Waals surface area contributed by atoms with Gasteiger partial charge in [-0.1, -0.05) is 29.3 Å². The van der Waals surface area contributed by atoms with Crippen molar-refractivity contribution in [2.24, 2.45) is 0 Å². The topological polar surface area (TPSA) is 46.2 Å². The minimum atomic E-state index is -0.0687. The van der Waals surface area contributed by atoms with Crippen molar-refractivity contribution in [1.29, 1.82) is 0 Å². The Balaban J connectivity index is 3.93. The van der Waals surface area contributed by atoms with Crippen molar-refractivity contribution >= 4 is 27.6 Å². The molecule has 0 spiro atoms. The number of amides is 1. The molecule has 3 nitrogen and oxygen atoms in total. The molecule has 1 N–H and O–H groups in total. The highest BCUT2D eigenvalue weighted by molar-refractivity contribution is 9.09. The third kappa shape index (κ3) is 6.75. The number of ketones is 1. The van der Waals surface area contributed by atoms with Gasteiger partial charge < -0.3 is 5.32 Å². The average Bonchev–Trinajstić information content (AvgIpc) is 2.03. The van der Waals surface area contributed by atoms with Crippen molar-refractivity contribution in [3.05, 3.63) is 0 Å². The summed E-state index contributed by atoms with van der Waals surface area (Å²) in [6.07, 6.45) is 2.26. The summed E-state index contributed by atoms with van der Waals surface area (Å²) in [5.41, 5.74) is 0. The zero-order valence-corrected chi connectivity index (χ0v) is 9.69. The molecule has 1 atom stereocenters. The molecule has 0 aromatic rings. The molecule has 0 aromatic carbocycles. The molecule has 0 fully saturated rings. The van der Waals surface area contributed by atoms with Gasteiger partial charge in [-0.05, 0) is 6.42 Å². The van der Waals surface area contributed by atoms with E-state index in [-0.39, 0.29) is 17.7 Å². The average molecular weight is 250 g/mol. The van der Waals surface area contributed by atoms with Crippen molar-refractivity contribution in [3.8, 4) is 0 Å². The molecule has 13 heavy (non-hydrogen) atoms. The lowest BCUT2D eigenvalue weighted by Crippen LogP contribution is -2.35. The maximum absolute atomic E-state index is 11.1. The Morgan fingerprint density at radius 3 is 2.46 bits per heavy atom. The first-order chi connectivity index (χ1) is 6.10. The summed E-state index contributed by atoms with van der Waals surface area (Å²) in [5, 5.41) is 3.13. The van der Waals surface area contributed by atoms with E-state index in [9.17, 15) is 9.59 Å². The predicted molar refractivity (Wildman–Crippen MR) is 55.9 cm³/mol. The van der Waals surface area contributed by atoms with E-state index in [0.717, 1.165) is 12.8 Å². The molecule has 1 unspecified atom stereocenters. The molecule has 0 bridgehead atoms. The van der Waals surface area contributed by atoms with Crippen LogP contribution >= 0.6 is 15.9 Å². The number of hydrogen-bond donors (Lipinski definition) is 1. The summed E-state index contributed by atoms with van der Waals surface area (Å²) in [7, 11) is 0. The van der Waals surface area contributed by atoms with E-state index in [1.165, 1.54) is 6.92 Å². The molecule has 0 aliphatic carbocycles. The second kappa shape index (κ2) is 7.06. The molecule has 0 aromatic heterocycles. The molecule has 0 aliphatic rings. The summed E-state index contributed by atoms with van der Waals surface area (Å²) in [4.78, 5) is 21.8. The number of hydrogen-bond acceptors (Lipinski definition) is 2. The zero-order valence-electron chi connectivity index (χ0n) is 8.10. The highest BCUT2D eigenvalue weighted by atomic mass is 79.9. The quantitative estimate of drug-likeness (QED) is 0.728. The molecule has 4 heteroatoms. The number of nitrogens with one attached hydrogen (secondary N) is 1. The lowest BCUT2D eigenvalue weighted by molar-refractivity contribution is -0.120. The van der Waals surface area contributed by atoms with Crippen molar-refractivity contribution in [2.75, 3.05) is 5.33 Å². The van der Waals surface area contributed by atoms with E-state index in [1.807, 2.05) is 6.92 Å². The van der Waals surface area contributed by atoms with Gasteiger partial charge in [-0.2, -0.15) is 0 Å². The van der Waals surface area contributed by atoms with Gasteiger partial charge in [0.05, 0.1) is 5.33 Å².